The Bertz CT molecular complexity index is 279. The Labute approximate surface area is 86.1 Å². The maximum atomic E-state index is 5.60. The number of ether oxygens (including phenoxy) is 1. The van der Waals surface area contributed by atoms with Crippen molar-refractivity contribution in [3.63, 3.8) is 0 Å². The molecule has 1 aliphatic rings. The van der Waals surface area contributed by atoms with Crippen molar-refractivity contribution in [2.24, 2.45) is 5.92 Å². The average Bonchev–Trinajstić information content (AvgIpc) is 2.96. The summed E-state index contributed by atoms with van der Waals surface area (Å²) in [5.41, 5.74) is 1.42. The third-order valence-corrected chi connectivity index (χ3v) is 2.84. The molecule has 0 amide bonds. The molecule has 2 rings (SSSR count). The van der Waals surface area contributed by atoms with Crippen LogP contribution in [0.15, 0.2) is 30.3 Å². The number of aryl methyl sites for hydroxylation is 1. The van der Waals surface area contributed by atoms with Crippen molar-refractivity contribution in [3.05, 3.63) is 35.9 Å². The first-order valence-corrected chi connectivity index (χ1v) is 5.47. The molecule has 1 heteroatoms. The second-order valence-corrected chi connectivity index (χ2v) is 4.41. The van der Waals surface area contributed by atoms with Crippen molar-refractivity contribution in [2.75, 3.05) is 0 Å². The van der Waals surface area contributed by atoms with E-state index in [0.29, 0.717) is 18.1 Å². The van der Waals surface area contributed by atoms with E-state index >= 15 is 0 Å². The summed E-state index contributed by atoms with van der Waals surface area (Å²) < 4.78 is 5.60. The van der Waals surface area contributed by atoms with Gasteiger partial charge in [0.05, 0.1) is 12.2 Å². The summed E-state index contributed by atoms with van der Waals surface area (Å²) in [6, 6.07) is 10.6. The van der Waals surface area contributed by atoms with E-state index in [-0.39, 0.29) is 0 Å². The van der Waals surface area contributed by atoms with Gasteiger partial charge in [-0.25, -0.2) is 0 Å². The van der Waals surface area contributed by atoms with E-state index in [1.54, 1.807) is 0 Å². The van der Waals surface area contributed by atoms with E-state index in [9.17, 15) is 0 Å². The third-order valence-electron chi connectivity index (χ3n) is 2.84. The fourth-order valence-corrected chi connectivity index (χ4v) is 1.93. The monoisotopic (exact) mass is 190 g/mol. The van der Waals surface area contributed by atoms with E-state index < -0.39 is 0 Å². The molecule has 1 unspecified atom stereocenters. The van der Waals surface area contributed by atoms with Crippen LogP contribution in [-0.2, 0) is 11.2 Å². The van der Waals surface area contributed by atoms with Crippen LogP contribution in [0.2, 0.25) is 0 Å². The van der Waals surface area contributed by atoms with Crippen LogP contribution in [0.4, 0.5) is 0 Å². The van der Waals surface area contributed by atoms with Crippen LogP contribution in [-0.4, -0.2) is 12.2 Å². The lowest BCUT2D eigenvalue weighted by molar-refractivity contribution is 0.330. The first kappa shape index (κ1) is 9.72. The van der Waals surface area contributed by atoms with Gasteiger partial charge in [0, 0.05) is 0 Å². The summed E-state index contributed by atoms with van der Waals surface area (Å²) in [5.74, 6) is 0.677. The molecule has 0 bridgehead atoms. The molecule has 76 valence electrons. The van der Waals surface area contributed by atoms with Crippen LogP contribution < -0.4 is 0 Å². The lowest BCUT2D eigenvalue weighted by Gasteiger charge is -1.99. The van der Waals surface area contributed by atoms with Gasteiger partial charge in [-0.2, -0.15) is 0 Å². The quantitative estimate of drug-likeness (QED) is 0.665. The molecule has 0 spiro atoms. The maximum Gasteiger partial charge on any atom is 0.0864 e. The zero-order chi connectivity index (χ0) is 9.97. The van der Waals surface area contributed by atoms with Gasteiger partial charge in [0.1, 0.15) is 0 Å². The highest BCUT2D eigenvalue weighted by Crippen LogP contribution is 2.32. The zero-order valence-electron chi connectivity index (χ0n) is 8.94. The average molecular weight is 190 g/mol. The molecule has 0 aliphatic carbocycles. The van der Waals surface area contributed by atoms with Gasteiger partial charge in [0.25, 0.3) is 0 Å². The van der Waals surface area contributed by atoms with Crippen LogP contribution in [0, 0.1) is 5.92 Å². The van der Waals surface area contributed by atoms with Gasteiger partial charge in [0.15, 0.2) is 0 Å². The molecule has 0 radical (unpaired) electrons. The molecule has 0 aromatic heterocycles. The summed E-state index contributed by atoms with van der Waals surface area (Å²) >= 11 is 0. The van der Waals surface area contributed by atoms with Gasteiger partial charge < -0.3 is 4.74 Å². The largest absolute Gasteiger partial charge is 0.369 e. The minimum atomic E-state index is 0.523. The molecule has 1 aromatic rings. The van der Waals surface area contributed by atoms with Crippen LogP contribution in [0.1, 0.15) is 25.8 Å². The standard InChI is InChI=1S/C13H18O/c1-10(2)13-12(14-13)9-8-11-6-4-3-5-7-11/h3-7,10,12-13H,8-9H2,1-2H3/t12-,13?/m0/s1. The Morgan fingerprint density at radius 3 is 2.50 bits per heavy atom. The van der Waals surface area contributed by atoms with E-state index in [4.69, 9.17) is 4.74 Å². The van der Waals surface area contributed by atoms with Crippen LogP contribution >= 0.6 is 0 Å². The summed E-state index contributed by atoms with van der Waals surface area (Å²) in [6.07, 6.45) is 3.37. The molecule has 1 saturated heterocycles. The highest BCUT2D eigenvalue weighted by Gasteiger charge is 2.40. The lowest BCUT2D eigenvalue weighted by atomic mass is 10.0. The highest BCUT2D eigenvalue weighted by atomic mass is 16.6. The second-order valence-electron chi connectivity index (χ2n) is 4.41. The summed E-state index contributed by atoms with van der Waals surface area (Å²) in [7, 11) is 0. The van der Waals surface area contributed by atoms with Gasteiger partial charge >= 0.3 is 0 Å². The lowest BCUT2D eigenvalue weighted by Crippen LogP contribution is -2.03. The first-order chi connectivity index (χ1) is 6.77. The smallest absolute Gasteiger partial charge is 0.0864 e. The van der Waals surface area contributed by atoms with Gasteiger partial charge in [0.2, 0.25) is 0 Å². The normalized spacial score (nSPS) is 25.4. The molecule has 2 atom stereocenters. The second kappa shape index (κ2) is 4.14. The summed E-state index contributed by atoms with van der Waals surface area (Å²) in [4.78, 5) is 0. The van der Waals surface area contributed by atoms with Crippen molar-refractivity contribution < 1.29 is 4.74 Å². The van der Waals surface area contributed by atoms with Crippen molar-refractivity contribution in [1.82, 2.24) is 0 Å². The van der Waals surface area contributed by atoms with Crippen LogP contribution in [0.25, 0.3) is 0 Å². The predicted molar refractivity (Wildman–Crippen MR) is 58.3 cm³/mol. The molecule has 14 heavy (non-hydrogen) atoms. The molecular formula is C13H18O. The van der Waals surface area contributed by atoms with Crippen molar-refractivity contribution in [3.8, 4) is 0 Å². The minimum absolute atomic E-state index is 0.523. The van der Waals surface area contributed by atoms with Crippen molar-refractivity contribution in [2.45, 2.75) is 38.9 Å². The van der Waals surface area contributed by atoms with Gasteiger partial charge in [-0.05, 0) is 24.3 Å². The molecule has 0 saturated carbocycles. The minimum Gasteiger partial charge on any atom is -0.369 e. The zero-order valence-corrected chi connectivity index (χ0v) is 8.94. The Morgan fingerprint density at radius 2 is 1.93 bits per heavy atom. The summed E-state index contributed by atoms with van der Waals surface area (Å²) in [5, 5.41) is 0. The highest BCUT2D eigenvalue weighted by molar-refractivity contribution is 5.15. The summed E-state index contributed by atoms with van der Waals surface area (Å²) in [6.45, 7) is 4.46. The molecule has 1 nitrogen and oxygen atoms in total. The molecule has 1 heterocycles. The maximum absolute atomic E-state index is 5.60. The SMILES string of the molecule is CC(C)C1O[C@H]1CCc1ccccc1. The Kier molecular flexibility index (Phi) is 2.87. The molecular weight excluding hydrogens is 172 g/mol. The Hall–Kier alpha value is -0.820. The number of benzene rings is 1. The third kappa shape index (κ3) is 2.36. The Morgan fingerprint density at radius 1 is 1.21 bits per heavy atom. The fourth-order valence-electron chi connectivity index (χ4n) is 1.93. The van der Waals surface area contributed by atoms with Crippen LogP contribution in [0.5, 0.6) is 0 Å². The van der Waals surface area contributed by atoms with E-state index in [1.807, 2.05) is 0 Å². The van der Waals surface area contributed by atoms with E-state index in [1.165, 1.54) is 12.0 Å². The van der Waals surface area contributed by atoms with Crippen molar-refractivity contribution >= 4 is 0 Å². The number of hydrogen-bond acceptors (Lipinski definition) is 1. The molecule has 1 aromatic carbocycles. The topological polar surface area (TPSA) is 12.5 Å². The molecule has 1 fully saturated rings. The molecule has 1 aliphatic heterocycles. The number of epoxide rings is 1. The number of rotatable bonds is 4. The Balaban J connectivity index is 1.75. The fraction of sp³-hybridized carbons (Fsp3) is 0.538. The predicted octanol–water partition coefficient (Wildman–Crippen LogP) is 3.04. The van der Waals surface area contributed by atoms with Gasteiger partial charge in [-0.1, -0.05) is 44.2 Å². The van der Waals surface area contributed by atoms with Gasteiger partial charge in [-0.15, -0.1) is 0 Å². The van der Waals surface area contributed by atoms with E-state index in [2.05, 4.69) is 44.2 Å². The van der Waals surface area contributed by atoms with Gasteiger partial charge in [-0.3, -0.25) is 0 Å². The van der Waals surface area contributed by atoms with Crippen molar-refractivity contribution in [1.29, 1.82) is 0 Å². The van der Waals surface area contributed by atoms with Crippen LogP contribution in [0.3, 0.4) is 0 Å². The van der Waals surface area contributed by atoms with E-state index in [0.717, 1.165) is 6.42 Å². The molecule has 0 N–H and O–H groups in total. The number of hydrogen-bond donors (Lipinski definition) is 0. The first-order valence-electron chi connectivity index (χ1n) is 5.47.